The van der Waals surface area contributed by atoms with E-state index in [2.05, 4.69) is 5.32 Å². The molecule has 3 N–H and O–H groups in total. The van der Waals surface area contributed by atoms with Gasteiger partial charge in [0.2, 0.25) is 0 Å². The molecule has 0 saturated carbocycles. The van der Waals surface area contributed by atoms with Crippen LogP contribution in [-0.4, -0.2) is 30.0 Å². The number of hydrogen-bond acceptors (Lipinski definition) is 2. The van der Waals surface area contributed by atoms with Gasteiger partial charge in [-0.1, -0.05) is 0 Å². The SMILES string of the molecule is C[N+]1=C(N)NC(=O)C1.[Cl-]. The van der Waals surface area contributed by atoms with E-state index in [1.54, 1.807) is 11.6 Å². The molecule has 0 atom stereocenters. The Kier molecular flexibility index (Phi) is 2.45. The number of likely N-dealkylation sites (N-methyl/N-ethyl adjacent to an activating group) is 1. The highest BCUT2D eigenvalue weighted by atomic mass is 35.5. The minimum atomic E-state index is -0.0370. The number of nitrogens with zero attached hydrogens (tertiary/aromatic N) is 1. The van der Waals surface area contributed by atoms with Crippen LogP contribution >= 0.6 is 0 Å². The first-order valence-electron chi connectivity index (χ1n) is 2.33. The Labute approximate surface area is 59.1 Å². The number of carbonyl (C=O) groups is 1. The molecule has 1 aliphatic rings. The Morgan fingerprint density at radius 3 is 2.44 bits per heavy atom. The van der Waals surface area contributed by atoms with Crippen LogP contribution in [0.15, 0.2) is 0 Å². The van der Waals surface area contributed by atoms with Gasteiger partial charge in [0.15, 0.2) is 6.54 Å². The number of guanidine groups is 1. The standard InChI is InChI=1S/C4H7N3O.ClH/c1-7-2-3(8)6-4(7)5;/h2H2,1H3,(H2,5,6,8);1H. The topological polar surface area (TPSA) is 58.1 Å². The van der Waals surface area contributed by atoms with Crippen molar-refractivity contribution in [2.75, 3.05) is 13.6 Å². The summed E-state index contributed by atoms with van der Waals surface area (Å²) in [6.45, 7) is 0.381. The number of nitrogens with two attached hydrogens (primary N) is 1. The van der Waals surface area contributed by atoms with Crippen LogP contribution in [-0.2, 0) is 4.79 Å². The quantitative estimate of drug-likeness (QED) is 0.339. The fourth-order valence-electron chi connectivity index (χ4n) is 0.578. The Morgan fingerprint density at radius 1 is 1.78 bits per heavy atom. The highest BCUT2D eigenvalue weighted by molar-refractivity contribution is 5.97. The van der Waals surface area contributed by atoms with Gasteiger partial charge in [-0.3, -0.25) is 15.1 Å². The Morgan fingerprint density at radius 2 is 2.33 bits per heavy atom. The van der Waals surface area contributed by atoms with Crippen LogP contribution in [0.25, 0.3) is 0 Å². The highest BCUT2D eigenvalue weighted by Crippen LogP contribution is 1.77. The first-order valence-corrected chi connectivity index (χ1v) is 2.33. The molecule has 1 amide bonds. The number of carbonyl (C=O) groups excluding carboxylic acids is 1. The van der Waals surface area contributed by atoms with Crippen molar-refractivity contribution in [3.8, 4) is 0 Å². The normalized spacial score (nSPS) is 17.2. The van der Waals surface area contributed by atoms with E-state index in [0.29, 0.717) is 12.5 Å². The molecule has 0 spiro atoms. The molecule has 0 bridgehead atoms. The average Bonchev–Trinajstić information content (AvgIpc) is 1.85. The van der Waals surface area contributed by atoms with Crippen molar-refractivity contribution in [1.29, 1.82) is 0 Å². The van der Waals surface area contributed by atoms with E-state index in [9.17, 15) is 4.79 Å². The number of amides is 1. The summed E-state index contributed by atoms with van der Waals surface area (Å²) in [6, 6.07) is 0. The van der Waals surface area contributed by atoms with Gasteiger partial charge >= 0.3 is 11.9 Å². The molecule has 1 aliphatic heterocycles. The lowest BCUT2D eigenvalue weighted by Crippen LogP contribution is -3.00. The lowest BCUT2D eigenvalue weighted by molar-refractivity contribution is -0.480. The van der Waals surface area contributed by atoms with Gasteiger partial charge < -0.3 is 12.4 Å². The minimum absolute atomic E-state index is 0. The van der Waals surface area contributed by atoms with Crippen molar-refractivity contribution >= 4 is 11.9 Å². The Balaban J connectivity index is 0.000000640. The highest BCUT2D eigenvalue weighted by Gasteiger charge is 2.20. The Bertz CT molecular complexity index is 149. The summed E-state index contributed by atoms with van der Waals surface area (Å²) in [4.78, 5) is 10.4. The number of halogens is 1. The molecule has 5 heteroatoms. The molecular weight excluding hydrogens is 142 g/mol. The van der Waals surface area contributed by atoms with Crippen LogP contribution in [0.1, 0.15) is 0 Å². The zero-order chi connectivity index (χ0) is 6.15. The number of hydrogen-bond donors (Lipinski definition) is 2. The molecule has 1 heterocycles. The summed E-state index contributed by atoms with van der Waals surface area (Å²) in [7, 11) is 1.76. The van der Waals surface area contributed by atoms with Crippen LogP contribution in [0.5, 0.6) is 0 Å². The number of rotatable bonds is 0. The maximum absolute atomic E-state index is 10.4. The van der Waals surface area contributed by atoms with Gasteiger partial charge in [-0.2, -0.15) is 0 Å². The summed E-state index contributed by atoms with van der Waals surface area (Å²) >= 11 is 0. The van der Waals surface area contributed by atoms with Gasteiger partial charge in [-0.05, 0) is 0 Å². The van der Waals surface area contributed by atoms with Crippen molar-refractivity contribution in [1.82, 2.24) is 5.32 Å². The van der Waals surface area contributed by atoms with Crippen LogP contribution in [0.3, 0.4) is 0 Å². The average molecular weight is 150 g/mol. The Hall–Kier alpha value is -0.770. The van der Waals surface area contributed by atoms with Crippen LogP contribution in [0, 0.1) is 0 Å². The monoisotopic (exact) mass is 149 g/mol. The third-order valence-corrected chi connectivity index (χ3v) is 1.06. The molecule has 0 aromatic heterocycles. The van der Waals surface area contributed by atoms with Crippen LogP contribution < -0.4 is 23.5 Å². The molecule has 0 unspecified atom stereocenters. The van der Waals surface area contributed by atoms with E-state index in [4.69, 9.17) is 5.73 Å². The fourth-order valence-corrected chi connectivity index (χ4v) is 0.578. The zero-order valence-electron chi connectivity index (χ0n) is 5.02. The molecule has 0 saturated heterocycles. The fraction of sp³-hybridized carbons (Fsp3) is 0.500. The summed E-state index contributed by atoms with van der Waals surface area (Å²) in [6.07, 6.45) is 0. The first kappa shape index (κ1) is 8.23. The minimum Gasteiger partial charge on any atom is -1.00 e. The molecular formula is C4H8ClN3O. The molecule has 0 fully saturated rings. The third kappa shape index (κ3) is 1.57. The van der Waals surface area contributed by atoms with Crippen molar-refractivity contribution < 1.29 is 21.8 Å². The second kappa shape index (κ2) is 2.68. The predicted octanol–water partition coefficient (Wildman–Crippen LogP) is -4.92. The van der Waals surface area contributed by atoms with Gasteiger partial charge in [0.1, 0.15) is 0 Å². The molecule has 0 aliphatic carbocycles. The van der Waals surface area contributed by atoms with Gasteiger partial charge in [-0.25, -0.2) is 5.32 Å². The zero-order valence-corrected chi connectivity index (χ0v) is 5.77. The molecule has 4 nitrogen and oxygen atoms in total. The number of nitrogens with one attached hydrogen (secondary N) is 1. The van der Waals surface area contributed by atoms with Crippen molar-refractivity contribution in [3.05, 3.63) is 0 Å². The van der Waals surface area contributed by atoms with Gasteiger partial charge in [-0.15, -0.1) is 0 Å². The van der Waals surface area contributed by atoms with E-state index < -0.39 is 0 Å². The van der Waals surface area contributed by atoms with E-state index >= 15 is 0 Å². The molecule has 0 radical (unpaired) electrons. The summed E-state index contributed by atoms with van der Waals surface area (Å²) < 4.78 is 1.66. The lowest BCUT2D eigenvalue weighted by Gasteiger charge is -1.83. The van der Waals surface area contributed by atoms with Gasteiger partial charge in [0.25, 0.3) is 0 Å². The second-order valence-electron chi connectivity index (χ2n) is 1.79. The van der Waals surface area contributed by atoms with Gasteiger partial charge in [0, 0.05) is 0 Å². The lowest BCUT2D eigenvalue weighted by atomic mass is 10.6. The van der Waals surface area contributed by atoms with Gasteiger partial charge in [0.05, 0.1) is 7.05 Å². The second-order valence-corrected chi connectivity index (χ2v) is 1.79. The molecule has 0 aromatic carbocycles. The molecule has 52 valence electrons. The smallest absolute Gasteiger partial charge is 0.351 e. The maximum Gasteiger partial charge on any atom is 0.351 e. The van der Waals surface area contributed by atoms with Crippen molar-refractivity contribution in [3.63, 3.8) is 0 Å². The summed E-state index contributed by atoms with van der Waals surface area (Å²) in [5, 5.41) is 2.45. The predicted molar refractivity (Wildman–Crippen MR) is 28.4 cm³/mol. The van der Waals surface area contributed by atoms with Crippen LogP contribution in [0.2, 0.25) is 0 Å². The van der Waals surface area contributed by atoms with Crippen LogP contribution in [0.4, 0.5) is 0 Å². The van der Waals surface area contributed by atoms with E-state index in [1.807, 2.05) is 0 Å². The van der Waals surface area contributed by atoms with Crippen molar-refractivity contribution in [2.45, 2.75) is 0 Å². The summed E-state index contributed by atoms with van der Waals surface area (Å²) in [5.74, 6) is 0.403. The largest absolute Gasteiger partial charge is 1.00 e. The molecule has 1 rings (SSSR count). The van der Waals surface area contributed by atoms with Crippen molar-refractivity contribution in [2.24, 2.45) is 5.73 Å². The maximum atomic E-state index is 10.4. The van der Waals surface area contributed by atoms with E-state index in [1.165, 1.54) is 0 Å². The molecule has 9 heavy (non-hydrogen) atoms. The van der Waals surface area contributed by atoms with E-state index in [0.717, 1.165) is 0 Å². The summed E-state index contributed by atoms with van der Waals surface area (Å²) in [5.41, 5.74) is 5.28. The van der Waals surface area contributed by atoms with E-state index in [-0.39, 0.29) is 18.3 Å². The molecule has 0 aromatic rings. The first-order chi connectivity index (χ1) is 3.70. The third-order valence-electron chi connectivity index (χ3n) is 1.06.